The van der Waals surface area contributed by atoms with Crippen molar-refractivity contribution >= 4 is 23.7 Å². The fourth-order valence-corrected chi connectivity index (χ4v) is 5.25. The fraction of sp³-hybridized carbons (Fsp3) is 0.259. The van der Waals surface area contributed by atoms with Crippen molar-refractivity contribution in [2.45, 2.75) is 18.8 Å². The second-order valence-corrected chi connectivity index (χ2v) is 9.18. The predicted octanol–water partition coefficient (Wildman–Crippen LogP) is 5.70. The van der Waals surface area contributed by atoms with Gasteiger partial charge in [-0.3, -0.25) is 4.79 Å². The maximum Gasteiger partial charge on any atom is 0.409 e. The Hall–Kier alpha value is -3.31. The second kappa shape index (κ2) is 8.56. The Balaban J connectivity index is 1.32. The number of halogens is 1. The summed E-state index contributed by atoms with van der Waals surface area (Å²) in [5, 5.41) is 10.4. The topological polar surface area (TPSA) is 66.8 Å². The Morgan fingerprint density at radius 1 is 1.00 bits per heavy atom. The van der Waals surface area contributed by atoms with Crippen molar-refractivity contribution in [3.8, 4) is 11.1 Å². The molecule has 5 rings (SSSR count). The van der Waals surface area contributed by atoms with Gasteiger partial charge >= 0.3 is 12.1 Å². The van der Waals surface area contributed by atoms with Crippen LogP contribution in [0.25, 0.3) is 11.1 Å². The molecule has 1 aliphatic carbocycles. The van der Waals surface area contributed by atoms with Crippen molar-refractivity contribution in [3.63, 3.8) is 0 Å². The summed E-state index contributed by atoms with van der Waals surface area (Å²) in [7, 11) is 0. The van der Waals surface area contributed by atoms with Crippen LogP contribution in [0.4, 0.5) is 4.79 Å². The van der Waals surface area contributed by atoms with Gasteiger partial charge in [-0.25, -0.2) is 4.79 Å². The molecule has 5 nitrogen and oxygen atoms in total. The molecular formula is C27H24ClNO4. The van der Waals surface area contributed by atoms with E-state index in [1.807, 2.05) is 43.3 Å². The quantitative estimate of drug-likeness (QED) is 0.541. The van der Waals surface area contributed by atoms with Gasteiger partial charge in [0.2, 0.25) is 0 Å². The van der Waals surface area contributed by atoms with E-state index in [2.05, 4.69) is 24.3 Å². The highest BCUT2D eigenvalue weighted by Crippen LogP contribution is 2.44. The molecule has 6 heteroatoms. The molecule has 0 aromatic heterocycles. The number of rotatable bonds is 4. The Morgan fingerprint density at radius 3 is 2.24 bits per heavy atom. The SMILES string of the molecule is Cc1ccc([C@@H]2CN(C(=O)OCC3c4ccccc4-c4ccccc43)C[C@H]2C(=O)O)cc1Cl. The third-order valence-electron chi connectivity index (χ3n) is 6.86. The average molecular weight is 462 g/mol. The van der Waals surface area contributed by atoms with Crippen LogP contribution in [0.15, 0.2) is 66.7 Å². The number of carbonyl (C=O) groups is 2. The molecule has 1 aliphatic heterocycles. The van der Waals surface area contributed by atoms with E-state index in [9.17, 15) is 14.7 Å². The highest BCUT2D eigenvalue weighted by molar-refractivity contribution is 6.31. The first-order chi connectivity index (χ1) is 15.9. The highest BCUT2D eigenvalue weighted by atomic mass is 35.5. The van der Waals surface area contributed by atoms with Crippen LogP contribution in [-0.4, -0.2) is 41.8 Å². The molecular weight excluding hydrogens is 438 g/mol. The zero-order valence-electron chi connectivity index (χ0n) is 18.2. The zero-order chi connectivity index (χ0) is 23.1. The Kier molecular flexibility index (Phi) is 5.59. The van der Waals surface area contributed by atoms with E-state index >= 15 is 0 Å². The third-order valence-corrected chi connectivity index (χ3v) is 7.26. The molecule has 0 saturated carbocycles. The van der Waals surface area contributed by atoms with Crippen molar-refractivity contribution in [1.82, 2.24) is 4.90 Å². The van der Waals surface area contributed by atoms with E-state index in [0.29, 0.717) is 5.02 Å². The molecule has 1 amide bonds. The van der Waals surface area contributed by atoms with Gasteiger partial charge in [0.1, 0.15) is 6.61 Å². The standard InChI is InChI=1S/C27H24ClNO4/c1-16-10-11-17(12-25(16)28)22-13-29(14-23(22)26(30)31)27(32)33-15-24-20-8-4-2-6-18(20)19-7-3-5-9-21(19)24/h2-12,22-24H,13-15H2,1H3,(H,30,31)/t22-,23+/m0/s1. The lowest BCUT2D eigenvalue weighted by Gasteiger charge is -2.19. The van der Waals surface area contributed by atoms with E-state index in [1.165, 1.54) is 4.90 Å². The van der Waals surface area contributed by atoms with Crippen molar-refractivity contribution in [2.75, 3.05) is 19.7 Å². The van der Waals surface area contributed by atoms with Crippen molar-refractivity contribution < 1.29 is 19.4 Å². The van der Waals surface area contributed by atoms with Crippen LogP contribution in [-0.2, 0) is 9.53 Å². The van der Waals surface area contributed by atoms with Crippen molar-refractivity contribution in [1.29, 1.82) is 0 Å². The molecule has 3 aromatic carbocycles. The van der Waals surface area contributed by atoms with E-state index in [4.69, 9.17) is 16.3 Å². The molecule has 1 fully saturated rings. The summed E-state index contributed by atoms with van der Waals surface area (Å²) >= 11 is 6.27. The number of fused-ring (bicyclic) bond motifs is 3. The van der Waals surface area contributed by atoms with E-state index < -0.39 is 18.0 Å². The van der Waals surface area contributed by atoms with Crippen LogP contribution < -0.4 is 0 Å². The number of nitrogens with zero attached hydrogens (tertiary/aromatic N) is 1. The molecule has 1 saturated heterocycles. The lowest BCUT2D eigenvalue weighted by molar-refractivity contribution is -0.141. The van der Waals surface area contributed by atoms with Crippen LogP contribution in [0.2, 0.25) is 5.02 Å². The summed E-state index contributed by atoms with van der Waals surface area (Å²) < 4.78 is 5.75. The second-order valence-electron chi connectivity index (χ2n) is 8.77. The number of ether oxygens (including phenoxy) is 1. The number of amides is 1. The van der Waals surface area contributed by atoms with Gasteiger partial charge in [-0.1, -0.05) is 72.3 Å². The summed E-state index contributed by atoms with van der Waals surface area (Å²) in [4.78, 5) is 26.4. The van der Waals surface area contributed by atoms with Gasteiger partial charge in [0, 0.05) is 29.9 Å². The molecule has 0 radical (unpaired) electrons. The minimum absolute atomic E-state index is 0.0362. The average Bonchev–Trinajstić information content (AvgIpc) is 3.40. The van der Waals surface area contributed by atoms with Gasteiger partial charge < -0.3 is 14.7 Å². The lowest BCUT2D eigenvalue weighted by Crippen LogP contribution is -2.31. The van der Waals surface area contributed by atoms with Crippen LogP contribution in [0.1, 0.15) is 34.1 Å². The summed E-state index contributed by atoms with van der Waals surface area (Å²) in [5.74, 6) is -2.00. The van der Waals surface area contributed by atoms with Crippen molar-refractivity contribution in [2.24, 2.45) is 5.92 Å². The minimum Gasteiger partial charge on any atom is -0.481 e. The zero-order valence-corrected chi connectivity index (χ0v) is 19.0. The minimum atomic E-state index is -0.925. The van der Waals surface area contributed by atoms with E-state index in [-0.39, 0.29) is 31.5 Å². The molecule has 33 heavy (non-hydrogen) atoms. The lowest BCUT2D eigenvalue weighted by atomic mass is 9.88. The molecule has 1 heterocycles. The smallest absolute Gasteiger partial charge is 0.409 e. The molecule has 0 spiro atoms. The van der Waals surface area contributed by atoms with E-state index in [0.717, 1.165) is 33.4 Å². The monoisotopic (exact) mass is 461 g/mol. The third kappa shape index (κ3) is 3.87. The number of carboxylic acids is 1. The van der Waals surface area contributed by atoms with Crippen LogP contribution in [0, 0.1) is 12.8 Å². The van der Waals surface area contributed by atoms with Gasteiger partial charge in [0.15, 0.2) is 0 Å². The summed E-state index contributed by atoms with van der Waals surface area (Å²) in [6, 6.07) is 21.9. The van der Waals surface area contributed by atoms with Crippen LogP contribution >= 0.6 is 11.6 Å². The summed E-state index contributed by atoms with van der Waals surface area (Å²) in [6.07, 6.45) is -0.483. The van der Waals surface area contributed by atoms with Gasteiger partial charge in [0.05, 0.1) is 5.92 Å². The van der Waals surface area contributed by atoms with Gasteiger partial charge in [-0.05, 0) is 46.4 Å². The van der Waals surface area contributed by atoms with Crippen molar-refractivity contribution in [3.05, 3.63) is 94.0 Å². The van der Waals surface area contributed by atoms with E-state index in [1.54, 1.807) is 6.07 Å². The largest absolute Gasteiger partial charge is 0.481 e. The Bertz CT molecular complexity index is 1190. The maximum absolute atomic E-state index is 13.0. The number of carbonyl (C=O) groups excluding carboxylic acids is 1. The molecule has 0 unspecified atom stereocenters. The highest BCUT2D eigenvalue weighted by Gasteiger charge is 2.41. The number of carboxylic acid groups (broad SMARTS) is 1. The number of benzene rings is 3. The Labute approximate surface area is 197 Å². The molecule has 0 bridgehead atoms. The first-order valence-corrected chi connectivity index (χ1v) is 11.4. The fourth-order valence-electron chi connectivity index (χ4n) is 5.07. The number of aryl methyl sites for hydroxylation is 1. The normalized spacial score (nSPS) is 19.3. The van der Waals surface area contributed by atoms with Crippen LogP contribution in [0.3, 0.4) is 0 Å². The summed E-state index contributed by atoms with van der Waals surface area (Å²) in [5.41, 5.74) is 6.37. The Morgan fingerprint density at radius 2 is 1.64 bits per heavy atom. The molecule has 1 N–H and O–H groups in total. The predicted molar refractivity (Wildman–Crippen MR) is 127 cm³/mol. The molecule has 2 atom stereocenters. The molecule has 168 valence electrons. The van der Waals surface area contributed by atoms with Gasteiger partial charge in [-0.15, -0.1) is 0 Å². The first kappa shape index (κ1) is 21.5. The molecule has 2 aliphatic rings. The molecule has 3 aromatic rings. The first-order valence-electron chi connectivity index (χ1n) is 11.0. The van der Waals surface area contributed by atoms with Crippen LogP contribution in [0.5, 0.6) is 0 Å². The van der Waals surface area contributed by atoms with Gasteiger partial charge in [0.25, 0.3) is 0 Å². The number of aliphatic carboxylic acids is 1. The number of hydrogen-bond acceptors (Lipinski definition) is 3. The van der Waals surface area contributed by atoms with Gasteiger partial charge in [-0.2, -0.15) is 0 Å². The maximum atomic E-state index is 13.0. The summed E-state index contributed by atoms with van der Waals surface area (Å²) in [6.45, 7) is 2.51. The number of likely N-dealkylation sites (tertiary alicyclic amines) is 1. The number of hydrogen-bond donors (Lipinski definition) is 1.